The van der Waals surface area contributed by atoms with E-state index in [-0.39, 0.29) is 11.8 Å². The van der Waals surface area contributed by atoms with Crippen LogP contribution in [0.4, 0.5) is 11.4 Å². The maximum Gasteiger partial charge on any atom is 0.255 e. The van der Waals surface area contributed by atoms with Crippen LogP contribution in [-0.2, 0) is 9.53 Å². The van der Waals surface area contributed by atoms with Gasteiger partial charge in [0.1, 0.15) is 6.10 Å². The summed E-state index contributed by atoms with van der Waals surface area (Å²) in [4.78, 5) is 25.0. The minimum absolute atomic E-state index is 0.185. The number of hydrogen-bond donors (Lipinski definition) is 2. The van der Waals surface area contributed by atoms with E-state index in [9.17, 15) is 9.59 Å². The normalized spacial score (nSPS) is 15.8. The number of rotatable bonds is 5. The average Bonchev–Trinajstić information content (AvgIpc) is 3.41. The van der Waals surface area contributed by atoms with Crippen LogP contribution < -0.4 is 10.6 Å². The lowest BCUT2D eigenvalue weighted by Crippen LogP contribution is -2.27. The number of amides is 2. The van der Waals surface area contributed by atoms with Crippen LogP contribution in [0.5, 0.6) is 0 Å². The highest BCUT2D eigenvalue weighted by Gasteiger charge is 2.23. The van der Waals surface area contributed by atoms with Crippen LogP contribution in [0.25, 0.3) is 5.69 Å². The first-order valence-electron chi connectivity index (χ1n) is 9.23. The molecule has 1 fully saturated rings. The number of anilines is 2. The van der Waals surface area contributed by atoms with Crippen molar-refractivity contribution in [2.45, 2.75) is 18.9 Å². The Morgan fingerprint density at radius 3 is 2.76 bits per heavy atom. The van der Waals surface area contributed by atoms with Gasteiger partial charge >= 0.3 is 0 Å². The van der Waals surface area contributed by atoms with Crippen molar-refractivity contribution in [3.05, 3.63) is 71.0 Å². The molecule has 1 saturated heterocycles. The van der Waals surface area contributed by atoms with E-state index in [0.717, 1.165) is 16.6 Å². The van der Waals surface area contributed by atoms with Gasteiger partial charge in [0.15, 0.2) is 0 Å². The molecule has 7 nitrogen and oxygen atoms in total. The van der Waals surface area contributed by atoms with Crippen LogP contribution in [0.15, 0.2) is 65.4 Å². The third kappa shape index (κ3) is 4.55. The zero-order valence-corrected chi connectivity index (χ0v) is 17.1. The first-order valence-corrected chi connectivity index (χ1v) is 10.0. The Kier molecular flexibility index (Phi) is 5.73. The van der Waals surface area contributed by atoms with E-state index in [1.807, 2.05) is 30.5 Å². The summed E-state index contributed by atoms with van der Waals surface area (Å²) in [6.07, 6.45) is 4.66. The van der Waals surface area contributed by atoms with Crippen molar-refractivity contribution in [2.24, 2.45) is 0 Å². The number of hydrogen-bond acceptors (Lipinski definition) is 4. The molecule has 2 heterocycles. The van der Waals surface area contributed by atoms with E-state index in [0.29, 0.717) is 30.0 Å². The average molecular weight is 455 g/mol. The molecule has 8 heteroatoms. The maximum absolute atomic E-state index is 12.8. The van der Waals surface area contributed by atoms with Crippen LogP contribution in [0.3, 0.4) is 0 Å². The Hall–Kier alpha value is -2.97. The third-order valence-electron chi connectivity index (χ3n) is 4.56. The molecule has 0 spiro atoms. The number of aromatic nitrogens is 2. The van der Waals surface area contributed by atoms with Crippen LogP contribution in [0, 0.1) is 0 Å². The topological polar surface area (TPSA) is 85.3 Å². The number of carbonyl (C=O) groups is 2. The predicted octanol–water partition coefficient (Wildman–Crippen LogP) is 4.00. The molecular formula is C21H19BrN4O3. The van der Waals surface area contributed by atoms with Gasteiger partial charge < -0.3 is 15.4 Å². The fourth-order valence-electron chi connectivity index (χ4n) is 3.15. The van der Waals surface area contributed by atoms with Gasteiger partial charge in [-0.25, -0.2) is 4.68 Å². The summed E-state index contributed by atoms with van der Waals surface area (Å²) in [6, 6.07) is 14.2. The molecule has 0 saturated carbocycles. The Bertz CT molecular complexity index is 1040. The second kappa shape index (κ2) is 8.59. The Morgan fingerprint density at radius 1 is 1.14 bits per heavy atom. The molecule has 29 heavy (non-hydrogen) atoms. The van der Waals surface area contributed by atoms with E-state index in [1.54, 1.807) is 35.1 Å². The maximum atomic E-state index is 12.8. The minimum Gasteiger partial charge on any atom is -0.368 e. The highest BCUT2D eigenvalue weighted by Crippen LogP contribution is 2.22. The summed E-state index contributed by atoms with van der Waals surface area (Å²) >= 11 is 3.38. The number of ether oxygens (including phenoxy) is 1. The molecule has 3 aromatic rings. The van der Waals surface area contributed by atoms with Gasteiger partial charge in [0.05, 0.1) is 22.0 Å². The summed E-state index contributed by atoms with van der Waals surface area (Å²) < 4.78 is 7.92. The van der Waals surface area contributed by atoms with E-state index >= 15 is 0 Å². The van der Waals surface area contributed by atoms with Crippen molar-refractivity contribution >= 4 is 39.1 Å². The highest BCUT2D eigenvalue weighted by atomic mass is 79.9. The molecule has 0 radical (unpaired) electrons. The van der Waals surface area contributed by atoms with E-state index in [2.05, 4.69) is 31.7 Å². The molecule has 1 atom stereocenters. The predicted molar refractivity (Wildman–Crippen MR) is 113 cm³/mol. The van der Waals surface area contributed by atoms with Gasteiger partial charge in [0, 0.05) is 24.1 Å². The number of carbonyl (C=O) groups excluding carboxylic acids is 2. The molecule has 2 amide bonds. The zero-order valence-electron chi connectivity index (χ0n) is 15.5. The van der Waals surface area contributed by atoms with Crippen molar-refractivity contribution in [1.29, 1.82) is 0 Å². The lowest BCUT2D eigenvalue weighted by Gasteiger charge is -2.13. The molecular weight excluding hydrogens is 436 g/mol. The van der Waals surface area contributed by atoms with Crippen molar-refractivity contribution < 1.29 is 14.3 Å². The lowest BCUT2D eigenvalue weighted by molar-refractivity contribution is -0.124. The van der Waals surface area contributed by atoms with E-state index < -0.39 is 6.10 Å². The molecule has 1 aliphatic rings. The molecule has 148 valence electrons. The summed E-state index contributed by atoms with van der Waals surface area (Å²) in [6.45, 7) is 0.604. The molecule has 1 aliphatic heterocycles. The van der Waals surface area contributed by atoms with Gasteiger partial charge in [0.2, 0.25) is 0 Å². The SMILES string of the molecule is O=C(Nc1ccccc1-n1cc(Br)cn1)c1cccc(NC(=O)C2CCCO2)c1. The van der Waals surface area contributed by atoms with Crippen LogP contribution in [0.2, 0.25) is 0 Å². The van der Waals surface area contributed by atoms with Crippen LogP contribution in [0.1, 0.15) is 23.2 Å². The summed E-state index contributed by atoms with van der Waals surface area (Å²) in [5.41, 5.74) is 2.37. The van der Waals surface area contributed by atoms with E-state index in [1.165, 1.54) is 0 Å². The van der Waals surface area contributed by atoms with Gasteiger partial charge in [-0.3, -0.25) is 9.59 Å². The lowest BCUT2D eigenvalue weighted by atomic mass is 10.1. The number of para-hydroxylation sites is 2. The number of nitrogens with one attached hydrogen (secondary N) is 2. The van der Waals surface area contributed by atoms with Gasteiger partial charge in [-0.05, 0) is 59.1 Å². The first kappa shape index (κ1) is 19.4. The fourth-order valence-corrected chi connectivity index (χ4v) is 3.44. The van der Waals surface area contributed by atoms with Crippen molar-refractivity contribution in [3.8, 4) is 5.69 Å². The largest absolute Gasteiger partial charge is 0.368 e. The molecule has 1 aromatic heterocycles. The minimum atomic E-state index is -0.423. The summed E-state index contributed by atoms with van der Waals surface area (Å²) in [7, 11) is 0. The molecule has 0 aliphatic carbocycles. The second-order valence-corrected chi connectivity index (χ2v) is 7.56. The molecule has 0 bridgehead atoms. The standard InChI is InChI=1S/C21H19BrN4O3/c22-15-12-23-26(13-15)18-8-2-1-7-17(18)25-20(27)14-5-3-6-16(11-14)24-21(28)19-9-4-10-29-19/h1-3,5-8,11-13,19H,4,9-10H2,(H,24,28)(H,25,27). The molecule has 2 aromatic carbocycles. The van der Waals surface area contributed by atoms with Gasteiger partial charge in [-0.15, -0.1) is 0 Å². The number of halogens is 1. The zero-order chi connectivity index (χ0) is 20.2. The molecule has 2 N–H and O–H groups in total. The quantitative estimate of drug-likeness (QED) is 0.609. The van der Waals surface area contributed by atoms with Gasteiger partial charge in [0.25, 0.3) is 11.8 Å². The van der Waals surface area contributed by atoms with Gasteiger partial charge in [-0.2, -0.15) is 5.10 Å². The Balaban J connectivity index is 1.50. The van der Waals surface area contributed by atoms with Crippen LogP contribution >= 0.6 is 15.9 Å². The first-order chi connectivity index (χ1) is 14.1. The summed E-state index contributed by atoms with van der Waals surface area (Å²) in [5.74, 6) is -0.466. The number of benzene rings is 2. The second-order valence-electron chi connectivity index (χ2n) is 6.65. The van der Waals surface area contributed by atoms with Crippen molar-refractivity contribution in [1.82, 2.24) is 9.78 Å². The molecule has 1 unspecified atom stereocenters. The van der Waals surface area contributed by atoms with Crippen molar-refractivity contribution in [3.63, 3.8) is 0 Å². The smallest absolute Gasteiger partial charge is 0.255 e. The Morgan fingerprint density at radius 2 is 2.00 bits per heavy atom. The Labute approximate surface area is 176 Å². The van der Waals surface area contributed by atoms with Crippen LogP contribution in [-0.4, -0.2) is 34.3 Å². The monoisotopic (exact) mass is 454 g/mol. The fraction of sp³-hybridized carbons (Fsp3) is 0.190. The third-order valence-corrected chi connectivity index (χ3v) is 4.97. The highest BCUT2D eigenvalue weighted by molar-refractivity contribution is 9.10. The molecule has 4 rings (SSSR count). The summed E-state index contributed by atoms with van der Waals surface area (Å²) in [5, 5.41) is 10.0. The van der Waals surface area contributed by atoms with Gasteiger partial charge in [-0.1, -0.05) is 18.2 Å². The van der Waals surface area contributed by atoms with E-state index in [4.69, 9.17) is 4.74 Å². The number of nitrogens with zero attached hydrogens (tertiary/aromatic N) is 2. The van der Waals surface area contributed by atoms with Crippen molar-refractivity contribution in [2.75, 3.05) is 17.2 Å².